The molecular formula is C16H11ClFNO2S. The van der Waals surface area contributed by atoms with Gasteiger partial charge in [-0.1, -0.05) is 29.8 Å². The SMILES string of the molecule is O=C1C(Cl)=C(c2cccs2)C(=O)N1CCc1ccc(F)cc1. The quantitative estimate of drug-likeness (QED) is 0.803. The average Bonchev–Trinajstić information content (AvgIpc) is 3.09. The Morgan fingerprint density at radius 1 is 1.09 bits per heavy atom. The van der Waals surface area contributed by atoms with Gasteiger partial charge in [-0.3, -0.25) is 14.5 Å². The van der Waals surface area contributed by atoms with Crippen LogP contribution in [0.25, 0.3) is 5.57 Å². The van der Waals surface area contributed by atoms with Gasteiger partial charge in [0.25, 0.3) is 11.8 Å². The van der Waals surface area contributed by atoms with Crippen molar-refractivity contribution >= 4 is 40.3 Å². The summed E-state index contributed by atoms with van der Waals surface area (Å²) in [5, 5.41) is 1.79. The molecule has 0 atom stereocenters. The molecule has 0 fully saturated rings. The van der Waals surface area contributed by atoms with Crippen LogP contribution in [-0.2, 0) is 16.0 Å². The van der Waals surface area contributed by atoms with Gasteiger partial charge in [0.1, 0.15) is 10.8 Å². The molecule has 1 aromatic carbocycles. The number of imide groups is 1. The van der Waals surface area contributed by atoms with Crippen LogP contribution in [0, 0.1) is 5.82 Å². The molecule has 0 N–H and O–H groups in total. The minimum atomic E-state index is -0.475. The first kappa shape index (κ1) is 14.9. The number of nitrogens with zero attached hydrogens (tertiary/aromatic N) is 1. The number of halogens is 2. The van der Waals surface area contributed by atoms with Gasteiger partial charge in [0, 0.05) is 11.4 Å². The lowest BCUT2D eigenvalue weighted by molar-refractivity contribution is -0.136. The van der Waals surface area contributed by atoms with E-state index in [-0.39, 0.29) is 28.9 Å². The Hall–Kier alpha value is -1.98. The molecule has 0 radical (unpaired) electrons. The highest BCUT2D eigenvalue weighted by Crippen LogP contribution is 2.33. The van der Waals surface area contributed by atoms with E-state index in [1.807, 2.05) is 5.38 Å². The monoisotopic (exact) mass is 335 g/mol. The lowest BCUT2D eigenvalue weighted by Crippen LogP contribution is -2.33. The molecule has 2 heterocycles. The van der Waals surface area contributed by atoms with Gasteiger partial charge in [-0.25, -0.2) is 4.39 Å². The van der Waals surface area contributed by atoms with Crippen molar-refractivity contribution in [3.8, 4) is 0 Å². The molecule has 22 heavy (non-hydrogen) atoms. The number of carbonyl (C=O) groups is 2. The Morgan fingerprint density at radius 3 is 2.45 bits per heavy atom. The van der Waals surface area contributed by atoms with Gasteiger partial charge >= 0.3 is 0 Å². The summed E-state index contributed by atoms with van der Waals surface area (Å²) in [6.07, 6.45) is 0.458. The van der Waals surface area contributed by atoms with E-state index in [9.17, 15) is 14.0 Å². The van der Waals surface area contributed by atoms with E-state index in [1.165, 1.54) is 23.5 Å². The summed E-state index contributed by atoms with van der Waals surface area (Å²) in [5.74, 6) is -1.17. The maximum atomic E-state index is 12.9. The van der Waals surface area contributed by atoms with Crippen molar-refractivity contribution in [2.24, 2.45) is 0 Å². The van der Waals surface area contributed by atoms with Crippen molar-refractivity contribution in [3.05, 3.63) is 63.1 Å². The fourth-order valence-corrected chi connectivity index (χ4v) is 3.38. The van der Waals surface area contributed by atoms with Crippen molar-refractivity contribution < 1.29 is 14.0 Å². The van der Waals surface area contributed by atoms with Gasteiger partial charge in [0.2, 0.25) is 0 Å². The fourth-order valence-electron chi connectivity index (χ4n) is 2.28. The van der Waals surface area contributed by atoms with Crippen molar-refractivity contribution in [2.75, 3.05) is 6.54 Å². The molecular weight excluding hydrogens is 325 g/mol. The van der Waals surface area contributed by atoms with E-state index >= 15 is 0 Å². The van der Waals surface area contributed by atoms with E-state index in [0.717, 1.165) is 10.5 Å². The summed E-state index contributed by atoms with van der Waals surface area (Å²) in [7, 11) is 0. The molecule has 0 spiro atoms. The average molecular weight is 336 g/mol. The summed E-state index contributed by atoms with van der Waals surface area (Å²) < 4.78 is 12.9. The number of hydrogen-bond donors (Lipinski definition) is 0. The first-order valence-electron chi connectivity index (χ1n) is 6.62. The maximum absolute atomic E-state index is 12.9. The molecule has 0 saturated carbocycles. The van der Waals surface area contributed by atoms with Crippen LogP contribution < -0.4 is 0 Å². The first-order chi connectivity index (χ1) is 10.6. The standard InChI is InChI=1S/C16H11ClFNO2S/c17-14-13(12-2-1-9-22-12)15(20)19(16(14)21)8-7-10-3-5-11(18)6-4-10/h1-6,9H,7-8H2. The van der Waals surface area contributed by atoms with Crippen LogP contribution in [0.5, 0.6) is 0 Å². The van der Waals surface area contributed by atoms with Gasteiger partial charge in [0.05, 0.1) is 5.57 Å². The molecule has 2 aromatic rings. The lowest BCUT2D eigenvalue weighted by Gasteiger charge is -2.14. The second-order valence-electron chi connectivity index (χ2n) is 4.80. The predicted octanol–water partition coefficient (Wildman–Crippen LogP) is 3.45. The smallest absolute Gasteiger partial charge is 0.273 e. The second kappa shape index (κ2) is 6.02. The number of thiophene rings is 1. The summed E-state index contributed by atoms with van der Waals surface area (Å²) >= 11 is 7.40. The lowest BCUT2D eigenvalue weighted by atomic mass is 10.1. The molecule has 1 aliphatic heterocycles. The third kappa shape index (κ3) is 2.69. The zero-order valence-corrected chi connectivity index (χ0v) is 13.0. The number of carbonyl (C=O) groups excluding carboxylic acids is 2. The van der Waals surface area contributed by atoms with Gasteiger partial charge in [-0.2, -0.15) is 0 Å². The molecule has 3 rings (SSSR count). The van der Waals surface area contributed by atoms with E-state index in [2.05, 4.69) is 0 Å². The van der Waals surface area contributed by atoms with E-state index in [4.69, 9.17) is 11.6 Å². The number of amides is 2. The van der Waals surface area contributed by atoms with Gasteiger partial charge in [-0.15, -0.1) is 11.3 Å². The maximum Gasteiger partial charge on any atom is 0.273 e. The van der Waals surface area contributed by atoms with Crippen LogP contribution in [0.15, 0.2) is 46.8 Å². The third-order valence-corrected chi connectivity index (χ3v) is 4.65. The molecule has 2 amide bonds. The Morgan fingerprint density at radius 2 is 1.82 bits per heavy atom. The first-order valence-corrected chi connectivity index (χ1v) is 7.88. The minimum absolute atomic E-state index is 0.0356. The predicted molar refractivity (Wildman–Crippen MR) is 83.9 cm³/mol. The molecule has 0 bridgehead atoms. The van der Waals surface area contributed by atoms with Gasteiger partial charge in [-0.05, 0) is 35.6 Å². The van der Waals surface area contributed by atoms with Crippen molar-refractivity contribution in [3.63, 3.8) is 0 Å². The molecule has 0 aliphatic carbocycles. The van der Waals surface area contributed by atoms with E-state index in [1.54, 1.807) is 24.3 Å². The molecule has 1 aliphatic rings. The zero-order valence-electron chi connectivity index (χ0n) is 11.4. The van der Waals surface area contributed by atoms with Crippen molar-refractivity contribution in [1.29, 1.82) is 0 Å². The van der Waals surface area contributed by atoms with Crippen LogP contribution in [0.3, 0.4) is 0 Å². The minimum Gasteiger partial charge on any atom is -0.273 e. The molecule has 0 unspecified atom stereocenters. The highest BCUT2D eigenvalue weighted by atomic mass is 35.5. The number of benzene rings is 1. The molecule has 1 aromatic heterocycles. The summed E-state index contributed by atoms with van der Waals surface area (Å²) in [5.41, 5.74) is 1.11. The van der Waals surface area contributed by atoms with E-state index < -0.39 is 5.91 Å². The third-order valence-electron chi connectivity index (χ3n) is 3.42. The second-order valence-corrected chi connectivity index (χ2v) is 6.13. The fraction of sp³-hybridized carbons (Fsp3) is 0.125. The van der Waals surface area contributed by atoms with Crippen LogP contribution in [-0.4, -0.2) is 23.3 Å². The Labute approximate surface area is 135 Å². The number of hydrogen-bond acceptors (Lipinski definition) is 3. The summed E-state index contributed by atoms with van der Waals surface area (Å²) in [4.78, 5) is 26.4. The largest absolute Gasteiger partial charge is 0.273 e. The van der Waals surface area contributed by atoms with Crippen LogP contribution >= 0.6 is 22.9 Å². The van der Waals surface area contributed by atoms with Crippen molar-refractivity contribution in [1.82, 2.24) is 4.90 Å². The van der Waals surface area contributed by atoms with Gasteiger partial charge < -0.3 is 0 Å². The Kier molecular flexibility index (Phi) is 4.09. The van der Waals surface area contributed by atoms with Crippen molar-refractivity contribution in [2.45, 2.75) is 6.42 Å². The summed E-state index contributed by atoms with van der Waals surface area (Å²) in [6.45, 7) is 0.217. The molecule has 112 valence electrons. The van der Waals surface area contributed by atoms with Gasteiger partial charge in [0.15, 0.2) is 0 Å². The van der Waals surface area contributed by atoms with Crippen LogP contribution in [0.1, 0.15) is 10.4 Å². The Bertz CT molecular complexity index is 753. The number of rotatable bonds is 4. The Balaban J connectivity index is 1.75. The molecule has 6 heteroatoms. The topological polar surface area (TPSA) is 37.4 Å². The zero-order chi connectivity index (χ0) is 15.7. The highest BCUT2D eigenvalue weighted by molar-refractivity contribution is 7.11. The van der Waals surface area contributed by atoms with Crippen LogP contribution in [0.2, 0.25) is 0 Å². The molecule has 0 saturated heterocycles. The summed E-state index contributed by atoms with van der Waals surface area (Å²) in [6, 6.07) is 9.54. The highest BCUT2D eigenvalue weighted by Gasteiger charge is 2.38. The normalized spacial score (nSPS) is 15.1. The molecule has 3 nitrogen and oxygen atoms in total. The van der Waals surface area contributed by atoms with E-state index in [0.29, 0.717) is 11.3 Å². The van der Waals surface area contributed by atoms with Crippen LogP contribution in [0.4, 0.5) is 4.39 Å².